The third-order valence-corrected chi connectivity index (χ3v) is 7.46. The van der Waals surface area contributed by atoms with E-state index in [2.05, 4.69) is 25.9 Å². The highest BCUT2D eigenvalue weighted by molar-refractivity contribution is 7.90. The van der Waals surface area contributed by atoms with Crippen LogP contribution in [0.2, 0.25) is 5.02 Å². The van der Waals surface area contributed by atoms with Crippen molar-refractivity contribution in [1.82, 2.24) is 20.6 Å². The van der Waals surface area contributed by atoms with Gasteiger partial charge >= 0.3 is 0 Å². The predicted molar refractivity (Wildman–Crippen MR) is 162 cm³/mol. The van der Waals surface area contributed by atoms with Crippen LogP contribution >= 0.6 is 11.6 Å². The van der Waals surface area contributed by atoms with Gasteiger partial charge in [-0.3, -0.25) is 9.59 Å². The molecule has 0 fully saturated rings. The first-order valence-electron chi connectivity index (χ1n) is 13.1. The number of rotatable bonds is 14. The topological polar surface area (TPSA) is 165 Å². The fraction of sp³-hybridized carbons (Fsp3) is 0.241. The van der Waals surface area contributed by atoms with Gasteiger partial charge in [-0.15, -0.1) is 0 Å². The van der Waals surface area contributed by atoms with Gasteiger partial charge in [-0.1, -0.05) is 29.8 Å². The minimum Gasteiger partial charge on any atom is -0.487 e. The lowest BCUT2D eigenvalue weighted by molar-refractivity contribution is -0.122. The van der Waals surface area contributed by atoms with Crippen LogP contribution in [0.3, 0.4) is 0 Å². The summed E-state index contributed by atoms with van der Waals surface area (Å²) in [4.78, 5) is 33.0. The van der Waals surface area contributed by atoms with Crippen LogP contribution in [0.4, 0.5) is 15.9 Å². The van der Waals surface area contributed by atoms with E-state index < -0.39 is 27.7 Å². The van der Waals surface area contributed by atoms with Crippen molar-refractivity contribution in [2.75, 3.05) is 30.4 Å². The van der Waals surface area contributed by atoms with Gasteiger partial charge in [0.25, 0.3) is 0 Å². The summed E-state index contributed by atoms with van der Waals surface area (Å²) in [7, 11) is -3.17. The Hall–Kier alpha value is -4.33. The highest BCUT2D eigenvalue weighted by atomic mass is 35.5. The maximum atomic E-state index is 13.5. The molecule has 0 aliphatic carbocycles. The number of aromatic nitrogens is 2. The highest BCUT2D eigenvalue weighted by Crippen LogP contribution is 2.32. The Bertz CT molecular complexity index is 1740. The fourth-order valence-electron chi connectivity index (χ4n) is 4.17. The van der Waals surface area contributed by atoms with Gasteiger partial charge < -0.3 is 26.4 Å². The lowest BCUT2D eigenvalue weighted by Crippen LogP contribution is -2.39. The van der Waals surface area contributed by atoms with E-state index in [1.807, 2.05) is 0 Å². The van der Waals surface area contributed by atoms with Crippen LogP contribution in [-0.4, -0.2) is 55.3 Å². The maximum absolute atomic E-state index is 13.5. The Morgan fingerprint density at radius 3 is 2.63 bits per heavy atom. The number of fused-ring (bicyclic) bond motifs is 1. The van der Waals surface area contributed by atoms with E-state index in [0.29, 0.717) is 44.3 Å². The second-order valence-electron chi connectivity index (χ2n) is 9.78. The first-order valence-corrected chi connectivity index (χ1v) is 15.6. The standard InChI is InChI=1S/C29H30ClFN6O5S/c1-43(40,41)10-9-33-15-28(39)37-25(14-27(32)38)19-5-7-24-22(12-19)29(35-17-34-24)36-21-6-8-26(23(30)13-21)42-16-18-3-2-4-20(31)11-18/h2-8,11-13,17,25,33H,9-10,14-16H2,1H3,(H2,32,38)(H,37,39)(H,34,35,36). The minimum atomic E-state index is -3.17. The van der Waals surface area contributed by atoms with Gasteiger partial charge in [0, 0.05) is 23.9 Å². The van der Waals surface area contributed by atoms with Crippen molar-refractivity contribution in [3.05, 3.63) is 89.0 Å². The summed E-state index contributed by atoms with van der Waals surface area (Å²) in [6.07, 6.45) is 2.34. The number of amides is 2. The molecule has 0 spiro atoms. The molecule has 0 aliphatic heterocycles. The molecule has 14 heteroatoms. The quantitative estimate of drug-likeness (QED) is 0.153. The first kappa shape index (κ1) is 31.6. The molecule has 1 aromatic heterocycles. The molecule has 1 unspecified atom stereocenters. The zero-order valence-electron chi connectivity index (χ0n) is 23.1. The third kappa shape index (κ3) is 9.60. The Labute approximate surface area is 252 Å². The van der Waals surface area contributed by atoms with Gasteiger partial charge in [0.1, 0.15) is 40.2 Å². The van der Waals surface area contributed by atoms with Crippen LogP contribution in [0.15, 0.2) is 67.0 Å². The number of nitrogens with zero attached hydrogens (tertiary/aromatic N) is 2. The van der Waals surface area contributed by atoms with E-state index in [-0.39, 0.29) is 37.7 Å². The summed E-state index contributed by atoms with van der Waals surface area (Å²) in [5, 5.41) is 9.69. The smallest absolute Gasteiger partial charge is 0.234 e. The van der Waals surface area contributed by atoms with Crippen LogP contribution in [-0.2, 0) is 26.0 Å². The predicted octanol–water partition coefficient (Wildman–Crippen LogP) is 3.41. The molecule has 4 aromatic rings. The van der Waals surface area contributed by atoms with Crippen LogP contribution in [0, 0.1) is 5.82 Å². The molecule has 4 rings (SSSR count). The number of nitrogens with one attached hydrogen (secondary N) is 3. The summed E-state index contributed by atoms with van der Waals surface area (Å²) in [6, 6.07) is 15.7. The Kier molecular flexibility index (Phi) is 10.5. The summed E-state index contributed by atoms with van der Waals surface area (Å²) < 4.78 is 41.8. The molecule has 0 bridgehead atoms. The molecule has 0 saturated carbocycles. The molecule has 226 valence electrons. The number of carbonyl (C=O) groups is 2. The van der Waals surface area contributed by atoms with Gasteiger partial charge in [-0.05, 0) is 53.6 Å². The molecule has 11 nitrogen and oxygen atoms in total. The Morgan fingerprint density at radius 1 is 1.09 bits per heavy atom. The van der Waals surface area contributed by atoms with Gasteiger partial charge in [0.15, 0.2) is 0 Å². The van der Waals surface area contributed by atoms with Crippen molar-refractivity contribution < 1.29 is 27.1 Å². The number of nitrogens with two attached hydrogens (primary N) is 1. The number of carbonyl (C=O) groups excluding carboxylic acids is 2. The number of primary amides is 1. The van der Waals surface area contributed by atoms with Crippen molar-refractivity contribution in [2.24, 2.45) is 5.73 Å². The summed E-state index contributed by atoms with van der Waals surface area (Å²) in [6.45, 7) is 0.111. The molecule has 3 aromatic carbocycles. The van der Waals surface area contributed by atoms with E-state index >= 15 is 0 Å². The molecule has 0 saturated heterocycles. The van der Waals surface area contributed by atoms with E-state index in [1.165, 1.54) is 18.5 Å². The minimum absolute atomic E-state index is 0.110. The van der Waals surface area contributed by atoms with Crippen LogP contribution < -0.4 is 26.4 Å². The fourth-order valence-corrected chi connectivity index (χ4v) is 4.92. The average molecular weight is 629 g/mol. The van der Waals surface area contributed by atoms with Gasteiger partial charge in [0.05, 0.1) is 35.3 Å². The van der Waals surface area contributed by atoms with Crippen LogP contribution in [0.1, 0.15) is 23.6 Å². The molecule has 0 radical (unpaired) electrons. The number of hydrogen-bond donors (Lipinski definition) is 4. The molecule has 1 heterocycles. The second-order valence-corrected chi connectivity index (χ2v) is 12.5. The highest BCUT2D eigenvalue weighted by Gasteiger charge is 2.19. The lowest BCUT2D eigenvalue weighted by atomic mass is 10.0. The summed E-state index contributed by atoms with van der Waals surface area (Å²) >= 11 is 6.45. The maximum Gasteiger partial charge on any atom is 0.234 e. The number of ether oxygens (including phenoxy) is 1. The zero-order valence-corrected chi connectivity index (χ0v) is 24.7. The SMILES string of the molecule is CS(=O)(=O)CCNCC(=O)NC(CC(N)=O)c1ccc2ncnc(Nc3ccc(OCc4cccc(F)c4)c(Cl)c3)c2c1. The normalized spacial score (nSPS) is 12.1. The van der Waals surface area contributed by atoms with Gasteiger partial charge in [-0.2, -0.15) is 0 Å². The van der Waals surface area contributed by atoms with Crippen molar-refractivity contribution in [1.29, 1.82) is 0 Å². The number of benzene rings is 3. The first-order chi connectivity index (χ1) is 20.5. The van der Waals surface area contributed by atoms with Crippen molar-refractivity contribution in [3.8, 4) is 5.75 Å². The van der Waals surface area contributed by atoms with Crippen molar-refractivity contribution in [2.45, 2.75) is 19.1 Å². The number of halogens is 2. The third-order valence-electron chi connectivity index (χ3n) is 6.22. The molecule has 5 N–H and O–H groups in total. The second kappa shape index (κ2) is 14.2. The van der Waals surface area contributed by atoms with E-state index in [4.69, 9.17) is 22.1 Å². The van der Waals surface area contributed by atoms with Crippen molar-refractivity contribution in [3.63, 3.8) is 0 Å². The summed E-state index contributed by atoms with van der Waals surface area (Å²) in [5.41, 5.74) is 7.92. The largest absolute Gasteiger partial charge is 0.487 e. The molecule has 2 amide bonds. The van der Waals surface area contributed by atoms with Crippen LogP contribution in [0.25, 0.3) is 10.9 Å². The van der Waals surface area contributed by atoms with Crippen LogP contribution in [0.5, 0.6) is 5.75 Å². The Morgan fingerprint density at radius 2 is 1.91 bits per heavy atom. The van der Waals surface area contributed by atoms with E-state index in [9.17, 15) is 22.4 Å². The van der Waals surface area contributed by atoms with Gasteiger partial charge in [0.2, 0.25) is 11.8 Å². The number of hydrogen-bond acceptors (Lipinski definition) is 9. The van der Waals surface area contributed by atoms with Gasteiger partial charge in [-0.25, -0.2) is 22.8 Å². The average Bonchev–Trinajstić information content (AvgIpc) is 2.94. The van der Waals surface area contributed by atoms with Crippen molar-refractivity contribution >= 4 is 55.7 Å². The Balaban J connectivity index is 1.49. The van der Waals surface area contributed by atoms with E-state index in [1.54, 1.807) is 48.5 Å². The molecular weight excluding hydrogens is 599 g/mol. The number of sulfone groups is 1. The monoisotopic (exact) mass is 628 g/mol. The lowest BCUT2D eigenvalue weighted by Gasteiger charge is -2.19. The molecule has 1 atom stereocenters. The molecular formula is C29H30ClFN6O5S. The number of anilines is 2. The van der Waals surface area contributed by atoms with E-state index in [0.717, 1.165) is 6.26 Å². The molecule has 0 aliphatic rings. The summed E-state index contributed by atoms with van der Waals surface area (Å²) in [5.74, 6) is -0.648. The molecule has 43 heavy (non-hydrogen) atoms. The zero-order chi connectivity index (χ0) is 31.0.